The molecular weight excluding hydrogens is 242 g/mol. The first-order valence-corrected chi connectivity index (χ1v) is 6.33. The number of furan rings is 1. The summed E-state index contributed by atoms with van der Waals surface area (Å²) in [5.41, 5.74) is 2.25. The Morgan fingerprint density at radius 1 is 1.32 bits per heavy atom. The maximum Gasteiger partial charge on any atom is 0.317 e. The van der Waals surface area contributed by atoms with Crippen molar-refractivity contribution in [1.29, 1.82) is 0 Å². The Labute approximate surface area is 111 Å². The number of hydrogen-bond acceptors (Lipinski definition) is 3. The highest BCUT2D eigenvalue weighted by Gasteiger charge is 2.22. The fourth-order valence-electron chi connectivity index (χ4n) is 2.44. The number of nitrogens with zero attached hydrogens (tertiary/aromatic N) is 1. The lowest BCUT2D eigenvalue weighted by atomic mass is 10.1. The van der Waals surface area contributed by atoms with Gasteiger partial charge in [-0.25, -0.2) is 0 Å². The number of carbonyl (C=O) groups is 1. The molecule has 2 heterocycles. The molecule has 98 valence electrons. The van der Waals surface area contributed by atoms with Gasteiger partial charge in [-0.05, 0) is 18.1 Å². The lowest BCUT2D eigenvalue weighted by molar-refractivity contribution is -0.138. The third-order valence-electron chi connectivity index (χ3n) is 3.38. The van der Waals surface area contributed by atoms with Crippen LogP contribution in [0.15, 0.2) is 40.8 Å². The maximum atomic E-state index is 10.7. The lowest BCUT2D eigenvalue weighted by Gasteiger charge is -2.23. The second-order valence-electron chi connectivity index (χ2n) is 4.78. The van der Waals surface area contributed by atoms with Crippen molar-refractivity contribution < 1.29 is 14.3 Å². The zero-order chi connectivity index (χ0) is 13.2. The molecule has 0 saturated carbocycles. The van der Waals surface area contributed by atoms with Gasteiger partial charge in [0.15, 0.2) is 0 Å². The van der Waals surface area contributed by atoms with Crippen molar-refractivity contribution in [1.82, 2.24) is 4.90 Å². The lowest BCUT2D eigenvalue weighted by Crippen LogP contribution is -2.34. The molecule has 0 atom stereocenters. The molecule has 1 N–H and O–H groups in total. The zero-order valence-corrected chi connectivity index (χ0v) is 10.5. The maximum absolute atomic E-state index is 10.7. The first-order chi connectivity index (χ1) is 9.22. The van der Waals surface area contributed by atoms with E-state index in [2.05, 4.69) is 6.07 Å². The fraction of sp³-hybridized carbons (Fsp3) is 0.267. The average Bonchev–Trinajstić information content (AvgIpc) is 2.82. The standard InChI is InChI=1S/C15H15NO3/c17-15(18)10-16-7-6-12-8-13(19-14(12)9-16)11-4-2-1-3-5-11/h1-5,8H,6-7,9-10H2,(H,17,18). The van der Waals surface area contributed by atoms with Crippen molar-refractivity contribution in [2.24, 2.45) is 0 Å². The van der Waals surface area contributed by atoms with Crippen molar-refractivity contribution in [2.75, 3.05) is 13.1 Å². The molecule has 3 rings (SSSR count). The van der Waals surface area contributed by atoms with Gasteiger partial charge < -0.3 is 9.52 Å². The van der Waals surface area contributed by atoms with Gasteiger partial charge in [0.05, 0.1) is 13.1 Å². The highest BCUT2D eigenvalue weighted by Crippen LogP contribution is 2.29. The largest absolute Gasteiger partial charge is 0.480 e. The van der Waals surface area contributed by atoms with E-state index in [0.717, 1.165) is 30.0 Å². The molecule has 1 aliphatic heterocycles. The summed E-state index contributed by atoms with van der Waals surface area (Å²) in [6, 6.07) is 12.0. The monoisotopic (exact) mass is 257 g/mol. The molecule has 1 aromatic heterocycles. The summed E-state index contributed by atoms with van der Waals surface area (Å²) < 4.78 is 5.87. The summed E-state index contributed by atoms with van der Waals surface area (Å²) in [6.45, 7) is 1.42. The highest BCUT2D eigenvalue weighted by atomic mass is 16.4. The van der Waals surface area contributed by atoms with E-state index in [9.17, 15) is 4.79 Å². The molecule has 0 fully saturated rings. The molecule has 4 heteroatoms. The fourth-order valence-corrected chi connectivity index (χ4v) is 2.44. The Kier molecular flexibility index (Phi) is 3.09. The van der Waals surface area contributed by atoms with Crippen LogP contribution >= 0.6 is 0 Å². The molecule has 1 aliphatic rings. The number of carboxylic acids is 1. The van der Waals surface area contributed by atoms with Crippen LogP contribution in [0.3, 0.4) is 0 Å². The van der Waals surface area contributed by atoms with Crippen LogP contribution in [-0.2, 0) is 17.8 Å². The van der Waals surface area contributed by atoms with Gasteiger partial charge in [0.25, 0.3) is 0 Å². The summed E-state index contributed by atoms with van der Waals surface area (Å²) in [6.07, 6.45) is 0.846. The molecule has 19 heavy (non-hydrogen) atoms. The molecule has 0 spiro atoms. The first kappa shape index (κ1) is 12.0. The van der Waals surface area contributed by atoms with Crippen LogP contribution in [0, 0.1) is 0 Å². The Balaban J connectivity index is 1.83. The van der Waals surface area contributed by atoms with E-state index in [1.54, 1.807) is 0 Å². The van der Waals surface area contributed by atoms with Crippen LogP contribution in [0.1, 0.15) is 11.3 Å². The van der Waals surface area contributed by atoms with Crippen LogP contribution in [0.2, 0.25) is 0 Å². The third-order valence-corrected chi connectivity index (χ3v) is 3.38. The van der Waals surface area contributed by atoms with Crippen LogP contribution < -0.4 is 0 Å². The number of rotatable bonds is 3. The molecule has 0 saturated heterocycles. The molecule has 0 amide bonds. The minimum Gasteiger partial charge on any atom is -0.480 e. The summed E-state index contributed by atoms with van der Waals surface area (Å²) in [5.74, 6) is 0.965. The van der Waals surface area contributed by atoms with Gasteiger partial charge in [0.2, 0.25) is 0 Å². The Morgan fingerprint density at radius 2 is 2.11 bits per heavy atom. The van der Waals surface area contributed by atoms with Crippen molar-refractivity contribution in [2.45, 2.75) is 13.0 Å². The summed E-state index contributed by atoms with van der Waals surface area (Å²) >= 11 is 0. The predicted molar refractivity (Wildman–Crippen MR) is 70.8 cm³/mol. The van der Waals surface area contributed by atoms with E-state index < -0.39 is 5.97 Å². The van der Waals surface area contributed by atoms with E-state index in [0.29, 0.717) is 6.54 Å². The van der Waals surface area contributed by atoms with Crippen LogP contribution in [0.25, 0.3) is 11.3 Å². The van der Waals surface area contributed by atoms with Gasteiger partial charge >= 0.3 is 5.97 Å². The zero-order valence-electron chi connectivity index (χ0n) is 10.5. The van der Waals surface area contributed by atoms with Gasteiger partial charge in [-0.3, -0.25) is 9.69 Å². The molecule has 0 radical (unpaired) electrons. The average molecular weight is 257 g/mol. The number of hydrogen-bond donors (Lipinski definition) is 1. The third kappa shape index (κ3) is 2.53. The summed E-state index contributed by atoms with van der Waals surface area (Å²) in [7, 11) is 0. The van der Waals surface area contributed by atoms with Crippen molar-refractivity contribution in [3.63, 3.8) is 0 Å². The number of carboxylic acid groups (broad SMARTS) is 1. The van der Waals surface area contributed by atoms with Gasteiger partial charge in [-0.1, -0.05) is 30.3 Å². The molecule has 1 aromatic carbocycles. The first-order valence-electron chi connectivity index (χ1n) is 6.33. The molecule has 0 unspecified atom stereocenters. The summed E-state index contributed by atoms with van der Waals surface area (Å²) in [5, 5.41) is 8.82. The van der Waals surface area contributed by atoms with Crippen molar-refractivity contribution in [3.05, 3.63) is 47.7 Å². The van der Waals surface area contributed by atoms with Gasteiger partial charge in [0.1, 0.15) is 11.5 Å². The predicted octanol–water partition coefficient (Wildman–Crippen LogP) is 2.39. The summed E-state index contributed by atoms with van der Waals surface area (Å²) in [4.78, 5) is 12.6. The highest BCUT2D eigenvalue weighted by molar-refractivity contribution is 5.69. The molecule has 0 bridgehead atoms. The number of fused-ring (bicyclic) bond motifs is 1. The van der Waals surface area contributed by atoms with E-state index in [-0.39, 0.29) is 6.54 Å². The van der Waals surface area contributed by atoms with E-state index in [4.69, 9.17) is 9.52 Å². The topological polar surface area (TPSA) is 53.7 Å². The Bertz CT molecular complexity index is 589. The van der Waals surface area contributed by atoms with Gasteiger partial charge in [0, 0.05) is 12.1 Å². The normalized spacial score (nSPS) is 15.2. The van der Waals surface area contributed by atoms with Crippen molar-refractivity contribution >= 4 is 5.97 Å². The van der Waals surface area contributed by atoms with Crippen LogP contribution in [0.5, 0.6) is 0 Å². The van der Waals surface area contributed by atoms with Crippen LogP contribution in [0.4, 0.5) is 0 Å². The SMILES string of the molecule is O=C(O)CN1CCc2cc(-c3ccccc3)oc2C1. The Hall–Kier alpha value is -2.07. The number of benzene rings is 1. The quantitative estimate of drug-likeness (QED) is 0.917. The van der Waals surface area contributed by atoms with E-state index in [1.165, 1.54) is 5.56 Å². The minimum absolute atomic E-state index is 0.0702. The van der Waals surface area contributed by atoms with Gasteiger partial charge in [-0.2, -0.15) is 0 Å². The Morgan fingerprint density at radius 3 is 2.84 bits per heavy atom. The van der Waals surface area contributed by atoms with Crippen LogP contribution in [-0.4, -0.2) is 29.1 Å². The van der Waals surface area contributed by atoms with Crippen molar-refractivity contribution in [3.8, 4) is 11.3 Å². The second-order valence-corrected chi connectivity index (χ2v) is 4.78. The minimum atomic E-state index is -0.793. The van der Waals surface area contributed by atoms with Gasteiger partial charge in [-0.15, -0.1) is 0 Å². The van der Waals surface area contributed by atoms with E-state index in [1.807, 2.05) is 35.2 Å². The number of aliphatic carboxylic acids is 1. The smallest absolute Gasteiger partial charge is 0.317 e. The molecule has 4 nitrogen and oxygen atoms in total. The van der Waals surface area contributed by atoms with E-state index >= 15 is 0 Å². The molecular formula is C15H15NO3. The molecule has 0 aliphatic carbocycles. The second kappa shape index (κ2) is 4.90. The molecule has 2 aromatic rings.